The summed E-state index contributed by atoms with van der Waals surface area (Å²) in [7, 11) is 0. The summed E-state index contributed by atoms with van der Waals surface area (Å²) in [4.78, 5) is 11.4. The SMILES string of the molecule is O=C(NC(c1cc(Cl)c(Cl)cc1O)C1CCNCC1)C(F)(F)F. The smallest absolute Gasteiger partial charge is 0.471 e. The van der Waals surface area contributed by atoms with Crippen LogP contribution in [0.25, 0.3) is 0 Å². The summed E-state index contributed by atoms with van der Waals surface area (Å²) in [5, 5.41) is 15.3. The highest BCUT2D eigenvalue weighted by Gasteiger charge is 2.41. The molecule has 1 heterocycles. The molecule has 4 nitrogen and oxygen atoms in total. The number of carbonyl (C=O) groups excluding carboxylic acids is 1. The minimum absolute atomic E-state index is 0.0825. The maximum absolute atomic E-state index is 12.6. The molecule has 1 aliphatic rings. The number of rotatable bonds is 3. The lowest BCUT2D eigenvalue weighted by molar-refractivity contribution is -0.174. The van der Waals surface area contributed by atoms with E-state index in [0.29, 0.717) is 25.9 Å². The molecule has 3 N–H and O–H groups in total. The van der Waals surface area contributed by atoms with Gasteiger partial charge < -0.3 is 15.7 Å². The maximum Gasteiger partial charge on any atom is 0.471 e. The molecule has 1 fully saturated rings. The molecule has 1 aromatic carbocycles. The van der Waals surface area contributed by atoms with E-state index >= 15 is 0 Å². The first kappa shape index (κ1) is 18.2. The van der Waals surface area contributed by atoms with E-state index in [4.69, 9.17) is 23.2 Å². The van der Waals surface area contributed by atoms with Crippen molar-refractivity contribution in [3.05, 3.63) is 27.7 Å². The third kappa shape index (κ3) is 4.43. The number of halogens is 5. The number of alkyl halides is 3. The van der Waals surface area contributed by atoms with Gasteiger partial charge in [0.15, 0.2) is 0 Å². The predicted molar refractivity (Wildman–Crippen MR) is 80.7 cm³/mol. The predicted octanol–water partition coefficient (Wildman–Crippen LogP) is 3.42. The van der Waals surface area contributed by atoms with E-state index in [-0.39, 0.29) is 27.3 Å². The van der Waals surface area contributed by atoms with E-state index in [1.807, 2.05) is 5.32 Å². The molecule has 1 atom stereocenters. The number of benzene rings is 1. The number of piperidine rings is 1. The minimum atomic E-state index is -5.00. The summed E-state index contributed by atoms with van der Waals surface area (Å²) in [6.07, 6.45) is -3.89. The Morgan fingerprint density at radius 1 is 1.26 bits per heavy atom. The van der Waals surface area contributed by atoms with Crippen LogP contribution in [0.5, 0.6) is 5.75 Å². The normalized spacial score (nSPS) is 17.8. The molecule has 0 bridgehead atoms. The standard InChI is InChI=1S/C14H15Cl2F3N2O2/c15-9-5-8(11(22)6-10(9)16)12(7-1-3-20-4-2-7)21-13(23)14(17,18)19/h5-7,12,20,22H,1-4H2,(H,21,23). The van der Waals surface area contributed by atoms with Crippen molar-refractivity contribution in [1.29, 1.82) is 0 Å². The Hall–Kier alpha value is -1.18. The molecule has 0 aromatic heterocycles. The van der Waals surface area contributed by atoms with Crippen molar-refractivity contribution < 1.29 is 23.1 Å². The molecule has 23 heavy (non-hydrogen) atoms. The molecule has 1 amide bonds. The van der Waals surface area contributed by atoms with Crippen LogP contribution >= 0.6 is 23.2 Å². The van der Waals surface area contributed by atoms with Crippen LogP contribution in [0.2, 0.25) is 10.0 Å². The topological polar surface area (TPSA) is 61.4 Å². The van der Waals surface area contributed by atoms with E-state index in [1.165, 1.54) is 6.07 Å². The number of aromatic hydroxyl groups is 1. The second-order valence-electron chi connectivity index (χ2n) is 5.36. The van der Waals surface area contributed by atoms with Gasteiger partial charge in [0.1, 0.15) is 5.75 Å². The van der Waals surface area contributed by atoms with Crippen LogP contribution in [0.3, 0.4) is 0 Å². The lowest BCUT2D eigenvalue weighted by atomic mass is 9.85. The van der Waals surface area contributed by atoms with Crippen molar-refractivity contribution in [1.82, 2.24) is 10.6 Å². The van der Waals surface area contributed by atoms with Crippen LogP contribution in [0.4, 0.5) is 13.2 Å². The van der Waals surface area contributed by atoms with Crippen molar-refractivity contribution in [3.63, 3.8) is 0 Å². The van der Waals surface area contributed by atoms with Crippen LogP contribution in [0, 0.1) is 5.92 Å². The largest absolute Gasteiger partial charge is 0.508 e. The van der Waals surface area contributed by atoms with Gasteiger partial charge in [0.05, 0.1) is 16.1 Å². The molecule has 2 rings (SSSR count). The van der Waals surface area contributed by atoms with Crippen LogP contribution in [0.15, 0.2) is 12.1 Å². The molecule has 0 aliphatic carbocycles. The number of carbonyl (C=O) groups is 1. The zero-order valence-electron chi connectivity index (χ0n) is 11.9. The van der Waals surface area contributed by atoms with E-state index in [1.54, 1.807) is 0 Å². The summed E-state index contributed by atoms with van der Waals surface area (Å²) in [5.41, 5.74) is 0.129. The highest BCUT2D eigenvalue weighted by atomic mass is 35.5. The summed E-state index contributed by atoms with van der Waals surface area (Å²) in [6, 6.07) is 1.45. The van der Waals surface area contributed by atoms with Crippen molar-refractivity contribution >= 4 is 29.1 Å². The van der Waals surface area contributed by atoms with Gasteiger partial charge >= 0.3 is 12.1 Å². The first-order valence-corrected chi connectivity index (χ1v) is 7.72. The molecule has 1 saturated heterocycles. The van der Waals surface area contributed by atoms with Crippen LogP contribution in [0.1, 0.15) is 24.4 Å². The first-order chi connectivity index (χ1) is 10.7. The average Bonchev–Trinajstić information content (AvgIpc) is 2.48. The van der Waals surface area contributed by atoms with Crippen molar-refractivity contribution in [2.24, 2.45) is 5.92 Å². The van der Waals surface area contributed by atoms with Crippen LogP contribution in [-0.4, -0.2) is 30.3 Å². The van der Waals surface area contributed by atoms with Crippen molar-refractivity contribution in [2.45, 2.75) is 25.1 Å². The van der Waals surface area contributed by atoms with Gasteiger partial charge in [-0.25, -0.2) is 0 Å². The Labute approximate surface area is 141 Å². The third-order valence-electron chi connectivity index (χ3n) is 3.80. The van der Waals surface area contributed by atoms with Gasteiger partial charge in [-0.15, -0.1) is 0 Å². The van der Waals surface area contributed by atoms with Crippen LogP contribution in [-0.2, 0) is 4.79 Å². The number of hydrogen-bond donors (Lipinski definition) is 3. The molecule has 1 aliphatic heterocycles. The summed E-state index contributed by atoms with van der Waals surface area (Å²) >= 11 is 11.7. The van der Waals surface area contributed by atoms with E-state index in [2.05, 4.69) is 5.32 Å². The van der Waals surface area contributed by atoms with E-state index < -0.39 is 18.1 Å². The lowest BCUT2D eigenvalue weighted by Gasteiger charge is -2.32. The van der Waals surface area contributed by atoms with Gasteiger partial charge in [-0.3, -0.25) is 4.79 Å². The molecule has 1 unspecified atom stereocenters. The highest BCUT2D eigenvalue weighted by Crippen LogP contribution is 2.38. The number of phenols is 1. The average molecular weight is 371 g/mol. The zero-order chi connectivity index (χ0) is 17.2. The Morgan fingerprint density at radius 3 is 2.39 bits per heavy atom. The second-order valence-corrected chi connectivity index (χ2v) is 6.18. The van der Waals surface area contributed by atoms with Gasteiger partial charge in [-0.05, 0) is 37.9 Å². The van der Waals surface area contributed by atoms with Crippen LogP contribution < -0.4 is 10.6 Å². The molecule has 9 heteroatoms. The van der Waals surface area contributed by atoms with Crippen molar-refractivity contribution in [2.75, 3.05) is 13.1 Å². The molecule has 0 radical (unpaired) electrons. The van der Waals surface area contributed by atoms with Crippen molar-refractivity contribution in [3.8, 4) is 5.75 Å². The van der Waals surface area contributed by atoms with Gasteiger partial charge in [-0.1, -0.05) is 23.2 Å². The quantitative estimate of drug-likeness (QED) is 0.763. The van der Waals surface area contributed by atoms with Gasteiger partial charge in [0, 0.05) is 11.6 Å². The first-order valence-electron chi connectivity index (χ1n) is 6.96. The molecule has 1 aromatic rings. The third-order valence-corrected chi connectivity index (χ3v) is 4.53. The minimum Gasteiger partial charge on any atom is -0.508 e. The molecule has 128 valence electrons. The molecular formula is C14H15Cl2F3N2O2. The highest BCUT2D eigenvalue weighted by molar-refractivity contribution is 6.42. The Kier molecular flexibility index (Phi) is 5.65. The van der Waals surface area contributed by atoms with Gasteiger partial charge in [0.25, 0.3) is 0 Å². The number of hydrogen-bond acceptors (Lipinski definition) is 3. The Morgan fingerprint density at radius 2 is 1.83 bits per heavy atom. The fourth-order valence-electron chi connectivity index (χ4n) is 2.65. The fourth-order valence-corrected chi connectivity index (χ4v) is 2.98. The number of amides is 1. The number of phenolic OH excluding ortho intramolecular Hbond substituents is 1. The Bertz CT molecular complexity index is 590. The summed E-state index contributed by atoms with van der Waals surface area (Å²) in [5.74, 6) is -2.61. The molecular weight excluding hydrogens is 356 g/mol. The maximum atomic E-state index is 12.6. The van der Waals surface area contributed by atoms with Gasteiger partial charge in [-0.2, -0.15) is 13.2 Å². The summed E-state index contributed by atoms with van der Waals surface area (Å²) < 4.78 is 37.8. The molecule has 0 saturated carbocycles. The Balaban J connectivity index is 2.36. The van der Waals surface area contributed by atoms with Gasteiger partial charge in [0.2, 0.25) is 0 Å². The number of nitrogens with one attached hydrogen (secondary N) is 2. The lowest BCUT2D eigenvalue weighted by Crippen LogP contribution is -2.44. The zero-order valence-corrected chi connectivity index (χ0v) is 13.4. The summed E-state index contributed by atoms with van der Waals surface area (Å²) in [6.45, 7) is 1.23. The van der Waals surface area contributed by atoms with E-state index in [0.717, 1.165) is 6.07 Å². The second kappa shape index (κ2) is 7.15. The fraction of sp³-hybridized carbons (Fsp3) is 0.500. The van der Waals surface area contributed by atoms with E-state index in [9.17, 15) is 23.1 Å². The molecule has 0 spiro atoms. The monoisotopic (exact) mass is 370 g/mol.